The number of thiophene rings is 1. The zero-order valence-electron chi connectivity index (χ0n) is 12.0. The lowest BCUT2D eigenvalue weighted by Crippen LogP contribution is -2.53. The van der Waals surface area contributed by atoms with E-state index in [1.54, 1.807) is 5.01 Å². The summed E-state index contributed by atoms with van der Waals surface area (Å²) in [6.45, 7) is 2.78. The molecule has 0 bridgehead atoms. The van der Waals surface area contributed by atoms with E-state index in [2.05, 4.69) is 20.8 Å². The normalized spacial score (nSPS) is 18.4. The number of nitrogens with zero attached hydrogens (tertiary/aromatic N) is 2. The lowest BCUT2D eigenvalue weighted by atomic mass is 10.3. The number of primary sulfonamides is 1. The van der Waals surface area contributed by atoms with Gasteiger partial charge >= 0.3 is 0 Å². The van der Waals surface area contributed by atoms with Crippen LogP contribution in [-0.2, 0) is 20.0 Å². The van der Waals surface area contributed by atoms with Crippen molar-refractivity contribution in [3.63, 3.8) is 0 Å². The molecule has 1 saturated heterocycles. The first kappa shape index (κ1) is 19.2. The van der Waals surface area contributed by atoms with Crippen LogP contribution in [0.5, 0.6) is 0 Å². The predicted octanol–water partition coefficient (Wildman–Crippen LogP) is -1.04. The maximum atomic E-state index is 12.4. The molecular weight excluding hydrogens is 432 g/mol. The van der Waals surface area contributed by atoms with Crippen molar-refractivity contribution < 1.29 is 21.9 Å². The van der Waals surface area contributed by atoms with Crippen LogP contribution < -0.4 is 9.97 Å². The molecule has 1 aliphatic rings. The third-order valence-corrected chi connectivity index (χ3v) is 8.81. The van der Waals surface area contributed by atoms with E-state index >= 15 is 0 Å². The number of β-amino-alcohol motifs (C(OH)–C–C–N with tert-alkyl or cyclic N) is 1. The number of rotatable bonds is 6. The van der Waals surface area contributed by atoms with E-state index in [9.17, 15) is 16.8 Å². The number of hydrazine groups is 1. The molecule has 1 aromatic heterocycles. The Kier molecular flexibility index (Phi) is 6.19. The smallest absolute Gasteiger partial charge is 0.264 e. The summed E-state index contributed by atoms with van der Waals surface area (Å²) < 4.78 is 47.3. The first-order valence-electron chi connectivity index (χ1n) is 6.56. The number of aliphatic hydroxyl groups excluding tert-OH is 1. The van der Waals surface area contributed by atoms with Crippen LogP contribution >= 0.6 is 27.3 Å². The average molecular weight is 449 g/mol. The third kappa shape index (κ3) is 4.93. The van der Waals surface area contributed by atoms with E-state index in [1.807, 2.05) is 4.90 Å². The highest BCUT2D eigenvalue weighted by Crippen LogP contribution is 2.33. The summed E-state index contributed by atoms with van der Waals surface area (Å²) in [6, 6.07) is 1.17. The van der Waals surface area contributed by atoms with Gasteiger partial charge in [0.15, 0.2) is 4.21 Å². The molecule has 9 nitrogen and oxygen atoms in total. The Morgan fingerprint density at radius 1 is 1.26 bits per heavy atom. The molecule has 132 valence electrons. The molecular formula is C10H17BrN4O5S3. The second kappa shape index (κ2) is 7.41. The van der Waals surface area contributed by atoms with Crippen molar-refractivity contribution in [1.29, 1.82) is 0 Å². The second-order valence-electron chi connectivity index (χ2n) is 4.89. The average Bonchev–Trinajstić information content (AvgIpc) is 2.84. The number of hydrogen-bond donors (Lipinski definition) is 3. The van der Waals surface area contributed by atoms with Gasteiger partial charge in [-0.2, -0.15) is 0 Å². The Morgan fingerprint density at radius 2 is 1.87 bits per heavy atom. The monoisotopic (exact) mass is 448 g/mol. The van der Waals surface area contributed by atoms with Crippen LogP contribution in [0.2, 0.25) is 0 Å². The molecule has 0 aromatic carbocycles. The van der Waals surface area contributed by atoms with Crippen LogP contribution in [-0.4, -0.2) is 71.2 Å². The Labute approximate surface area is 147 Å². The van der Waals surface area contributed by atoms with Gasteiger partial charge in [0.2, 0.25) is 10.0 Å². The Bertz CT molecular complexity index is 755. The minimum Gasteiger partial charge on any atom is -0.395 e. The van der Waals surface area contributed by atoms with Crippen LogP contribution in [0.1, 0.15) is 0 Å². The zero-order chi connectivity index (χ0) is 17.3. The van der Waals surface area contributed by atoms with Crippen LogP contribution in [0.3, 0.4) is 0 Å². The Morgan fingerprint density at radius 3 is 2.35 bits per heavy atom. The van der Waals surface area contributed by atoms with Crippen molar-refractivity contribution in [2.24, 2.45) is 5.14 Å². The Balaban J connectivity index is 2.10. The first-order valence-corrected chi connectivity index (χ1v) is 11.2. The minimum atomic E-state index is -3.96. The topological polar surface area (TPSA) is 133 Å². The van der Waals surface area contributed by atoms with E-state index in [4.69, 9.17) is 10.2 Å². The number of nitrogens with two attached hydrogens (primary N) is 1. The standard InChI is InChI=1S/C10H17BrN4O5S3/c11-8-7-9(22(12,17)18)21-10(8)23(19,20)13-15-3-1-14(2-4-15)5-6-16/h7,13,16H,1-6H2,(H2,12,17,18). The molecule has 2 heterocycles. The molecule has 0 aliphatic carbocycles. The maximum Gasteiger partial charge on any atom is 0.264 e. The quantitative estimate of drug-likeness (QED) is 0.505. The zero-order valence-corrected chi connectivity index (χ0v) is 16.0. The van der Waals surface area contributed by atoms with Crippen LogP contribution in [0.15, 0.2) is 19.0 Å². The second-order valence-corrected chi connectivity index (χ2v) is 10.4. The molecule has 1 fully saturated rings. The molecule has 1 aliphatic heterocycles. The summed E-state index contributed by atoms with van der Waals surface area (Å²) in [5.74, 6) is 0. The van der Waals surface area contributed by atoms with Crippen LogP contribution in [0.25, 0.3) is 0 Å². The highest BCUT2D eigenvalue weighted by Gasteiger charge is 2.28. The fourth-order valence-electron chi connectivity index (χ4n) is 2.07. The van der Waals surface area contributed by atoms with Crippen LogP contribution in [0, 0.1) is 0 Å². The number of piperazine rings is 1. The SMILES string of the molecule is NS(=O)(=O)c1cc(Br)c(S(=O)(=O)NN2CCN(CCO)CC2)s1. The van der Waals surface area contributed by atoms with Gasteiger partial charge in [-0.3, -0.25) is 4.90 Å². The lowest BCUT2D eigenvalue weighted by molar-refractivity contribution is 0.0993. The van der Waals surface area contributed by atoms with Crippen molar-refractivity contribution in [2.75, 3.05) is 39.3 Å². The Hall–Kier alpha value is -0.120. The molecule has 4 N–H and O–H groups in total. The molecule has 23 heavy (non-hydrogen) atoms. The van der Waals surface area contributed by atoms with Crippen molar-refractivity contribution in [3.8, 4) is 0 Å². The van der Waals surface area contributed by atoms with Crippen molar-refractivity contribution >= 4 is 47.3 Å². The van der Waals surface area contributed by atoms with E-state index in [0.29, 0.717) is 44.1 Å². The highest BCUT2D eigenvalue weighted by atomic mass is 79.9. The molecule has 0 amide bonds. The van der Waals surface area contributed by atoms with E-state index < -0.39 is 20.0 Å². The third-order valence-electron chi connectivity index (χ3n) is 3.20. The van der Waals surface area contributed by atoms with E-state index in [-0.39, 0.29) is 19.5 Å². The molecule has 0 spiro atoms. The molecule has 13 heteroatoms. The molecule has 2 rings (SSSR count). The van der Waals surface area contributed by atoms with E-state index in [0.717, 1.165) is 0 Å². The first-order chi connectivity index (χ1) is 10.6. The number of halogens is 1. The summed E-state index contributed by atoms with van der Waals surface area (Å²) in [5.41, 5.74) is 0. The minimum absolute atomic E-state index is 0.0597. The van der Waals surface area contributed by atoms with Gasteiger partial charge in [-0.25, -0.2) is 27.0 Å². The summed E-state index contributed by atoms with van der Waals surface area (Å²) in [6.07, 6.45) is 0. The molecule has 0 unspecified atom stereocenters. The molecule has 0 atom stereocenters. The number of hydrogen-bond acceptors (Lipinski definition) is 8. The fourth-order valence-corrected chi connectivity index (χ4v) is 6.90. The highest BCUT2D eigenvalue weighted by molar-refractivity contribution is 9.10. The van der Waals surface area contributed by atoms with Gasteiger partial charge in [-0.1, -0.05) is 0 Å². The predicted molar refractivity (Wildman–Crippen MR) is 88.8 cm³/mol. The largest absolute Gasteiger partial charge is 0.395 e. The van der Waals surface area contributed by atoms with E-state index in [1.165, 1.54) is 6.07 Å². The van der Waals surface area contributed by atoms with Crippen LogP contribution in [0.4, 0.5) is 0 Å². The van der Waals surface area contributed by atoms with Gasteiger partial charge < -0.3 is 5.11 Å². The number of nitrogens with one attached hydrogen (secondary N) is 1. The van der Waals surface area contributed by atoms with Gasteiger partial charge in [0.25, 0.3) is 10.0 Å². The van der Waals surface area contributed by atoms with Gasteiger partial charge in [0.05, 0.1) is 6.61 Å². The molecule has 0 radical (unpaired) electrons. The van der Waals surface area contributed by atoms with Gasteiger partial charge in [-0.15, -0.1) is 16.2 Å². The number of aliphatic hydroxyl groups is 1. The summed E-state index contributed by atoms with van der Waals surface area (Å²) in [7, 11) is -7.86. The van der Waals surface area contributed by atoms with Gasteiger partial charge in [0, 0.05) is 37.2 Å². The maximum absolute atomic E-state index is 12.4. The summed E-state index contributed by atoms with van der Waals surface area (Å²) in [5, 5.41) is 15.5. The lowest BCUT2D eigenvalue weighted by Gasteiger charge is -2.33. The fraction of sp³-hybridized carbons (Fsp3) is 0.600. The summed E-state index contributed by atoms with van der Waals surface area (Å²) >= 11 is 3.65. The van der Waals surface area contributed by atoms with Gasteiger partial charge in [-0.05, 0) is 22.0 Å². The molecule has 0 saturated carbocycles. The van der Waals surface area contributed by atoms with Gasteiger partial charge in [0.1, 0.15) is 4.21 Å². The summed E-state index contributed by atoms with van der Waals surface area (Å²) in [4.78, 5) is 4.46. The molecule has 1 aromatic rings. The van der Waals surface area contributed by atoms with Crippen molar-refractivity contribution in [2.45, 2.75) is 8.42 Å². The van der Waals surface area contributed by atoms with Crippen molar-refractivity contribution in [3.05, 3.63) is 10.5 Å². The number of sulfonamides is 2. The van der Waals surface area contributed by atoms with Crippen molar-refractivity contribution in [1.82, 2.24) is 14.7 Å².